The van der Waals surface area contributed by atoms with Gasteiger partial charge in [0.25, 0.3) is 5.91 Å². The van der Waals surface area contributed by atoms with Gasteiger partial charge in [-0.05, 0) is 24.1 Å². The quantitative estimate of drug-likeness (QED) is 0.696. The standard InChI is InChI=1S/C22H28N2O4/c1-5-15(2)19(24-21(25)16-10-7-6-8-11-16)22(26)23-14-17-12-9-13-18(27-3)20(17)28-4/h6-13,15,19H,5,14H2,1-4H3,(H,23,26)(H,24,25). The fourth-order valence-corrected chi connectivity index (χ4v) is 2.90. The first-order chi connectivity index (χ1) is 13.5. The van der Waals surface area contributed by atoms with E-state index in [1.54, 1.807) is 44.6 Å². The number of carbonyl (C=O) groups is 2. The van der Waals surface area contributed by atoms with Gasteiger partial charge < -0.3 is 20.1 Å². The van der Waals surface area contributed by atoms with Gasteiger partial charge in [-0.25, -0.2) is 0 Å². The zero-order valence-electron chi connectivity index (χ0n) is 16.8. The highest BCUT2D eigenvalue weighted by Crippen LogP contribution is 2.30. The van der Waals surface area contributed by atoms with Gasteiger partial charge in [0.1, 0.15) is 6.04 Å². The summed E-state index contributed by atoms with van der Waals surface area (Å²) < 4.78 is 10.7. The Morgan fingerprint density at radius 1 is 1.00 bits per heavy atom. The van der Waals surface area contributed by atoms with E-state index in [0.717, 1.165) is 12.0 Å². The SMILES string of the molecule is CCC(C)C(NC(=O)c1ccccc1)C(=O)NCc1cccc(OC)c1OC. The lowest BCUT2D eigenvalue weighted by atomic mass is 9.97. The fourth-order valence-electron chi connectivity index (χ4n) is 2.90. The summed E-state index contributed by atoms with van der Waals surface area (Å²) in [4.78, 5) is 25.4. The second-order valence-corrected chi connectivity index (χ2v) is 6.57. The summed E-state index contributed by atoms with van der Waals surface area (Å²) >= 11 is 0. The summed E-state index contributed by atoms with van der Waals surface area (Å²) in [6.07, 6.45) is 0.760. The molecule has 0 aliphatic rings. The summed E-state index contributed by atoms with van der Waals surface area (Å²) in [6.45, 7) is 4.21. The largest absolute Gasteiger partial charge is 0.493 e. The molecular formula is C22H28N2O4. The zero-order valence-corrected chi connectivity index (χ0v) is 16.8. The summed E-state index contributed by atoms with van der Waals surface area (Å²) in [5.41, 5.74) is 1.32. The highest BCUT2D eigenvalue weighted by atomic mass is 16.5. The Labute approximate surface area is 166 Å². The number of carbonyl (C=O) groups excluding carboxylic acids is 2. The molecule has 2 amide bonds. The molecule has 2 N–H and O–H groups in total. The van der Waals surface area contributed by atoms with Crippen LogP contribution < -0.4 is 20.1 Å². The van der Waals surface area contributed by atoms with Crippen LogP contribution in [0.5, 0.6) is 11.5 Å². The van der Waals surface area contributed by atoms with Crippen molar-refractivity contribution in [2.45, 2.75) is 32.9 Å². The van der Waals surface area contributed by atoms with Crippen LogP contribution in [0.25, 0.3) is 0 Å². The molecule has 150 valence electrons. The Balaban J connectivity index is 2.11. The lowest BCUT2D eigenvalue weighted by molar-refractivity contribution is -0.124. The minimum atomic E-state index is -0.630. The van der Waals surface area contributed by atoms with E-state index in [4.69, 9.17) is 9.47 Å². The Kier molecular flexibility index (Phi) is 7.87. The van der Waals surface area contributed by atoms with Gasteiger partial charge in [0.15, 0.2) is 11.5 Å². The fraction of sp³-hybridized carbons (Fsp3) is 0.364. The van der Waals surface area contributed by atoms with Gasteiger partial charge in [-0.1, -0.05) is 50.6 Å². The van der Waals surface area contributed by atoms with Crippen molar-refractivity contribution in [1.82, 2.24) is 10.6 Å². The molecule has 2 aromatic carbocycles. The number of nitrogens with one attached hydrogen (secondary N) is 2. The second-order valence-electron chi connectivity index (χ2n) is 6.57. The van der Waals surface area contributed by atoms with E-state index in [-0.39, 0.29) is 24.3 Å². The van der Waals surface area contributed by atoms with Crippen LogP contribution in [0.15, 0.2) is 48.5 Å². The summed E-state index contributed by atoms with van der Waals surface area (Å²) in [5, 5.41) is 5.77. The van der Waals surface area contributed by atoms with E-state index in [2.05, 4.69) is 10.6 Å². The second kappa shape index (κ2) is 10.3. The predicted molar refractivity (Wildman–Crippen MR) is 109 cm³/mol. The normalized spacial score (nSPS) is 12.6. The van der Waals surface area contributed by atoms with Crippen LogP contribution in [0, 0.1) is 5.92 Å². The van der Waals surface area contributed by atoms with Gasteiger partial charge in [0.2, 0.25) is 5.91 Å². The van der Waals surface area contributed by atoms with Crippen molar-refractivity contribution < 1.29 is 19.1 Å². The molecule has 2 rings (SSSR count). The van der Waals surface area contributed by atoms with Crippen LogP contribution in [-0.4, -0.2) is 32.1 Å². The average molecular weight is 384 g/mol. The van der Waals surface area contributed by atoms with Gasteiger partial charge in [-0.3, -0.25) is 9.59 Å². The van der Waals surface area contributed by atoms with E-state index in [9.17, 15) is 9.59 Å². The molecule has 0 bridgehead atoms. The maximum atomic E-state index is 12.8. The monoisotopic (exact) mass is 384 g/mol. The van der Waals surface area contributed by atoms with E-state index < -0.39 is 6.04 Å². The molecule has 0 saturated carbocycles. The number of amides is 2. The first-order valence-corrected chi connectivity index (χ1v) is 9.35. The van der Waals surface area contributed by atoms with E-state index in [1.165, 1.54) is 0 Å². The first kappa shape index (κ1) is 21.3. The number of methoxy groups -OCH3 is 2. The van der Waals surface area contributed by atoms with Crippen molar-refractivity contribution in [3.8, 4) is 11.5 Å². The Morgan fingerprint density at radius 3 is 2.32 bits per heavy atom. The number of benzene rings is 2. The van der Waals surface area contributed by atoms with Crippen LogP contribution in [0.2, 0.25) is 0 Å². The molecule has 28 heavy (non-hydrogen) atoms. The molecule has 0 saturated heterocycles. The molecule has 0 aromatic heterocycles. The molecule has 6 nitrogen and oxygen atoms in total. The van der Waals surface area contributed by atoms with Crippen molar-refractivity contribution in [2.24, 2.45) is 5.92 Å². The van der Waals surface area contributed by atoms with Gasteiger partial charge >= 0.3 is 0 Å². The molecular weight excluding hydrogens is 356 g/mol. The van der Waals surface area contributed by atoms with Crippen molar-refractivity contribution in [1.29, 1.82) is 0 Å². The Bertz CT molecular complexity index is 792. The van der Waals surface area contributed by atoms with E-state index >= 15 is 0 Å². The molecule has 2 aromatic rings. The topological polar surface area (TPSA) is 76.7 Å². The maximum absolute atomic E-state index is 12.8. The van der Waals surface area contributed by atoms with Crippen LogP contribution >= 0.6 is 0 Å². The molecule has 0 aliphatic carbocycles. The summed E-state index contributed by atoms with van der Waals surface area (Å²) in [6, 6.07) is 13.8. The molecule has 0 heterocycles. The Hall–Kier alpha value is -3.02. The van der Waals surface area contributed by atoms with Gasteiger partial charge in [0.05, 0.1) is 14.2 Å². The van der Waals surface area contributed by atoms with Crippen molar-refractivity contribution in [3.63, 3.8) is 0 Å². The molecule has 2 unspecified atom stereocenters. The molecule has 0 radical (unpaired) electrons. The van der Waals surface area contributed by atoms with Crippen LogP contribution in [-0.2, 0) is 11.3 Å². The third kappa shape index (κ3) is 5.25. The highest BCUT2D eigenvalue weighted by molar-refractivity contribution is 5.97. The lowest BCUT2D eigenvalue weighted by Crippen LogP contribution is -2.50. The molecule has 2 atom stereocenters. The number of para-hydroxylation sites is 1. The number of hydrogen-bond acceptors (Lipinski definition) is 4. The zero-order chi connectivity index (χ0) is 20.5. The average Bonchev–Trinajstić information content (AvgIpc) is 2.75. The minimum absolute atomic E-state index is 0.0140. The number of hydrogen-bond donors (Lipinski definition) is 2. The third-order valence-corrected chi connectivity index (χ3v) is 4.76. The van der Waals surface area contributed by atoms with Crippen molar-refractivity contribution >= 4 is 11.8 Å². The number of rotatable bonds is 9. The van der Waals surface area contributed by atoms with Crippen molar-refractivity contribution in [3.05, 3.63) is 59.7 Å². The van der Waals surface area contributed by atoms with Crippen LogP contribution in [0.3, 0.4) is 0 Å². The van der Waals surface area contributed by atoms with Crippen LogP contribution in [0.1, 0.15) is 36.2 Å². The third-order valence-electron chi connectivity index (χ3n) is 4.76. The van der Waals surface area contributed by atoms with Crippen LogP contribution in [0.4, 0.5) is 0 Å². The lowest BCUT2D eigenvalue weighted by Gasteiger charge is -2.24. The number of ether oxygens (including phenoxy) is 2. The highest BCUT2D eigenvalue weighted by Gasteiger charge is 2.26. The Morgan fingerprint density at radius 2 is 1.71 bits per heavy atom. The molecule has 0 fully saturated rings. The van der Waals surface area contributed by atoms with Gasteiger partial charge in [-0.15, -0.1) is 0 Å². The maximum Gasteiger partial charge on any atom is 0.251 e. The van der Waals surface area contributed by atoms with E-state index in [1.807, 2.05) is 32.0 Å². The first-order valence-electron chi connectivity index (χ1n) is 9.35. The predicted octanol–water partition coefficient (Wildman–Crippen LogP) is 3.16. The summed E-state index contributed by atoms with van der Waals surface area (Å²) in [5.74, 6) is 0.673. The molecule has 6 heteroatoms. The summed E-state index contributed by atoms with van der Waals surface area (Å²) in [7, 11) is 3.13. The van der Waals surface area contributed by atoms with Crippen molar-refractivity contribution in [2.75, 3.05) is 14.2 Å². The van der Waals surface area contributed by atoms with E-state index in [0.29, 0.717) is 17.1 Å². The van der Waals surface area contributed by atoms with Gasteiger partial charge in [-0.2, -0.15) is 0 Å². The minimum Gasteiger partial charge on any atom is -0.493 e. The molecule has 0 aliphatic heterocycles. The molecule has 0 spiro atoms. The van der Waals surface area contributed by atoms with Gasteiger partial charge in [0, 0.05) is 17.7 Å². The smallest absolute Gasteiger partial charge is 0.251 e.